The van der Waals surface area contributed by atoms with Crippen LogP contribution >= 0.6 is 39.7 Å². The Labute approximate surface area is 126 Å². The smallest absolute Gasteiger partial charge is 0.318 e. The van der Waals surface area contributed by atoms with Crippen LogP contribution in [0.15, 0.2) is 22.9 Å². The number of rotatable bonds is 3. The van der Waals surface area contributed by atoms with Gasteiger partial charge in [0.05, 0.1) is 0 Å². The summed E-state index contributed by atoms with van der Waals surface area (Å²) in [6.07, 6.45) is 1.23. The molecule has 0 spiro atoms. The Hall–Kier alpha value is -0.590. The molecule has 1 aromatic heterocycles. The van der Waals surface area contributed by atoms with E-state index in [9.17, 15) is 9.59 Å². The lowest BCUT2D eigenvalue weighted by Gasteiger charge is -2.21. The lowest BCUT2D eigenvalue weighted by molar-refractivity contribution is -0.122. The molecule has 1 heterocycles. The Kier molecular flexibility index (Phi) is 11.3. The molecule has 0 radical (unpaired) electrons. The molecular weight excluding hydrogens is 340 g/mol. The van der Waals surface area contributed by atoms with Crippen LogP contribution in [0, 0.1) is 0 Å². The summed E-state index contributed by atoms with van der Waals surface area (Å²) in [5.41, 5.74) is 4.81. The summed E-state index contributed by atoms with van der Waals surface area (Å²) < 4.78 is -0.665. The predicted molar refractivity (Wildman–Crippen MR) is 81.5 cm³/mol. The van der Waals surface area contributed by atoms with E-state index in [1.165, 1.54) is 0 Å². The highest BCUT2D eigenvalue weighted by Gasteiger charge is 2.32. The van der Waals surface area contributed by atoms with Crippen LogP contribution in [-0.2, 0) is 4.79 Å². The molecule has 0 saturated carbocycles. The number of hydrogen-bond acceptors (Lipinski definition) is 3. The van der Waals surface area contributed by atoms with Gasteiger partial charge in [0.1, 0.15) is 4.32 Å². The molecule has 0 aliphatic carbocycles. The zero-order chi connectivity index (χ0) is 13.3. The Morgan fingerprint density at radius 2 is 1.72 bits per heavy atom. The molecule has 0 aliphatic heterocycles. The van der Waals surface area contributed by atoms with Gasteiger partial charge in [0.2, 0.25) is 5.91 Å². The molecule has 0 unspecified atom stereocenters. The molecule has 0 aromatic carbocycles. The number of halogens is 2. The molecule has 0 aliphatic rings. The van der Waals surface area contributed by atoms with E-state index < -0.39 is 10.4 Å². The molecule has 0 saturated heterocycles. The zero-order valence-corrected chi connectivity index (χ0v) is 13.5. The van der Waals surface area contributed by atoms with Gasteiger partial charge < -0.3 is 5.73 Å². The number of urea groups is 1. The molecule has 0 bridgehead atoms. The molecule has 1 aromatic rings. The van der Waals surface area contributed by atoms with Crippen molar-refractivity contribution in [2.45, 2.75) is 31.0 Å². The van der Waals surface area contributed by atoms with Crippen LogP contribution < -0.4 is 11.1 Å². The van der Waals surface area contributed by atoms with E-state index in [-0.39, 0.29) is 18.3 Å². The van der Waals surface area contributed by atoms with Gasteiger partial charge in [-0.2, -0.15) is 11.3 Å². The van der Waals surface area contributed by atoms with Crippen molar-refractivity contribution in [3.63, 3.8) is 0 Å². The molecule has 0 atom stereocenters. The maximum absolute atomic E-state index is 11.3. The summed E-state index contributed by atoms with van der Waals surface area (Å²) in [6.45, 7) is 3.72. The number of nitrogens with two attached hydrogens (primary N) is 1. The first-order chi connectivity index (χ1) is 7.96. The molecule has 3 amide bonds. The van der Waals surface area contributed by atoms with Gasteiger partial charge in [-0.15, -0.1) is 12.4 Å². The van der Waals surface area contributed by atoms with E-state index in [1.807, 2.05) is 42.1 Å². The van der Waals surface area contributed by atoms with Crippen LogP contribution in [0.5, 0.6) is 0 Å². The predicted octanol–water partition coefficient (Wildman–Crippen LogP) is 3.30. The largest absolute Gasteiger partial charge is 0.351 e. The third kappa shape index (κ3) is 7.68. The average molecular weight is 358 g/mol. The number of hydrogen-bond donors (Lipinski definition) is 2. The lowest BCUT2D eigenvalue weighted by atomic mass is 10.0. The molecular formula is C11H18BrClN2O2S. The highest BCUT2D eigenvalue weighted by Crippen LogP contribution is 2.26. The quantitative estimate of drug-likeness (QED) is 0.815. The van der Waals surface area contributed by atoms with Crippen LogP contribution in [-0.4, -0.2) is 16.3 Å². The molecule has 7 heteroatoms. The number of primary amides is 1. The summed E-state index contributed by atoms with van der Waals surface area (Å²) in [6, 6.07) is 3.22. The van der Waals surface area contributed by atoms with E-state index in [2.05, 4.69) is 15.9 Å². The van der Waals surface area contributed by atoms with Crippen molar-refractivity contribution < 1.29 is 9.59 Å². The Balaban J connectivity index is 0. The third-order valence-corrected chi connectivity index (χ3v) is 4.30. The number of thiophene rings is 1. The number of carbonyl (C=O) groups excluding carboxylic acids is 2. The number of alkyl halides is 1. The Bertz CT molecular complexity index is 326. The number of carbonyl (C=O) groups is 2. The minimum Gasteiger partial charge on any atom is -0.351 e. The van der Waals surface area contributed by atoms with E-state index in [0.29, 0.717) is 12.8 Å². The first-order valence-electron chi connectivity index (χ1n) is 5.23. The maximum atomic E-state index is 11.3. The van der Waals surface area contributed by atoms with Crippen molar-refractivity contribution in [2.24, 2.45) is 5.73 Å². The molecule has 18 heavy (non-hydrogen) atoms. The lowest BCUT2D eigenvalue weighted by Crippen LogP contribution is -2.46. The highest BCUT2D eigenvalue weighted by atomic mass is 79.9. The molecule has 4 nitrogen and oxygen atoms in total. The van der Waals surface area contributed by atoms with E-state index in [4.69, 9.17) is 5.73 Å². The molecule has 1 rings (SSSR count). The van der Waals surface area contributed by atoms with Crippen LogP contribution in [0.4, 0.5) is 4.79 Å². The summed E-state index contributed by atoms with van der Waals surface area (Å²) in [5.74, 6) is -0.375. The average Bonchev–Trinajstić information content (AvgIpc) is 2.85. The van der Waals surface area contributed by atoms with Crippen molar-refractivity contribution in [3.05, 3.63) is 22.9 Å². The highest BCUT2D eigenvalue weighted by molar-refractivity contribution is 9.10. The van der Waals surface area contributed by atoms with E-state index >= 15 is 0 Å². The second-order valence-corrected chi connectivity index (χ2v) is 5.62. The monoisotopic (exact) mass is 356 g/mol. The van der Waals surface area contributed by atoms with Crippen molar-refractivity contribution in [1.29, 1.82) is 0 Å². The van der Waals surface area contributed by atoms with Crippen LogP contribution in [0.3, 0.4) is 0 Å². The second-order valence-electron chi connectivity index (χ2n) is 3.28. The van der Waals surface area contributed by atoms with Gasteiger partial charge in [0.25, 0.3) is 0 Å². The van der Waals surface area contributed by atoms with Crippen LogP contribution in [0.25, 0.3) is 0 Å². The zero-order valence-electron chi connectivity index (χ0n) is 10.3. The van der Waals surface area contributed by atoms with Crippen molar-refractivity contribution in [1.82, 2.24) is 5.32 Å². The first kappa shape index (κ1) is 19.7. The summed E-state index contributed by atoms with van der Waals surface area (Å²) >= 11 is 4.97. The molecule has 0 fully saturated rings. The van der Waals surface area contributed by atoms with Crippen LogP contribution in [0.1, 0.15) is 26.7 Å². The maximum Gasteiger partial charge on any atom is 0.318 e. The fourth-order valence-electron chi connectivity index (χ4n) is 1.02. The van der Waals surface area contributed by atoms with Gasteiger partial charge in [-0.25, -0.2) is 4.79 Å². The third-order valence-electron chi connectivity index (χ3n) is 2.19. The van der Waals surface area contributed by atoms with Gasteiger partial charge in [0.15, 0.2) is 0 Å². The van der Waals surface area contributed by atoms with Gasteiger partial charge in [-0.1, -0.05) is 41.9 Å². The van der Waals surface area contributed by atoms with E-state index in [1.54, 1.807) is 11.3 Å². The summed E-state index contributed by atoms with van der Waals surface area (Å²) in [7, 11) is 0. The molecule has 104 valence electrons. The number of amides is 3. The SMILES string of the molecule is CCC(Br)(CC)C(=O)NC(N)=O.Cl.c1ccsc1. The number of imide groups is 1. The number of nitrogens with one attached hydrogen (secondary N) is 1. The van der Waals surface area contributed by atoms with Gasteiger partial charge >= 0.3 is 6.03 Å². The normalized spacial score (nSPS) is 9.50. The van der Waals surface area contributed by atoms with Crippen molar-refractivity contribution >= 4 is 51.6 Å². The van der Waals surface area contributed by atoms with Crippen molar-refractivity contribution in [2.75, 3.05) is 0 Å². The fourth-order valence-corrected chi connectivity index (χ4v) is 1.57. The van der Waals surface area contributed by atoms with Gasteiger partial charge in [-0.3, -0.25) is 10.1 Å². The van der Waals surface area contributed by atoms with Gasteiger partial charge in [0, 0.05) is 0 Å². The standard InChI is InChI=1S/C7H13BrN2O2.C4H4S.ClH/c1-3-7(8,4-2)5(11)10-6(9)12;1-2-4-5-3-1;/h3-4H2,1-2H3,(H3,9,10,11,12);1-4H;1H. The fraction of sp³-hybridized carbons (Fsp3) is 0.455. The first-order valence-corrected chi connectivity index (χ1v) is 6.96. The Morgan fingerprint density at radius 1 is 1.28 bits per heavy atom. The van der Waals surface area contributed by atoms with Crippen LogP contribution in [0.2, 0.25) is 0 Å². The van der Waals surface area contributed by atoms with E-state index in [0.717, 1.165) is 0 Å². The summed E-state index contributed by atoms with van der Waals surface area (Å²) in [5, 5.41) is 6.12. The minimum atomic E-state index is -0.814. The minimum absolute atomic E-state index is 0. The summed E-state index contributed by atoms with van der Waals surface area (Å²) in [4.78, 5) is 21.6. The van der Waals surface area contributed by atoms with Gasteiger partial charge in [-0.05, 0) is 23.6 Å². The molecule has 3 N–H and O–H groups in total. The Morgan fingerprint density at radius 3 is 1.94 bits per heavy atom. The second kappa shape index (κ2) is 10.3. The topological polar surface area (TPSA) is 72.2 Å². The van der Waals surface area contributed by atoms with Crippen molar-refractivity contribution in [3.8, 4) is 0 Å².